The number of nitrogens with one attached hydrogen (secondary N) is 1. The van der Waals surface area contributed by atoms with Crippen molar-refractivity contribution in [2.75, 3.05) is 13.1 Å². The number of aliphatic imine (C=N–C) groups is 1. The molecule has 2 heterocycles. The highest BCUT2D eigenvalue weighted by atomic mass is 35.5. The van der Waals surface area contributed by atoms with Crippen molar-refractivity contribution in [1.82, 2.24) is 15.0 Å². The Morgan fingerprint density at radius 3 is 2.86 bits per heavy atom. The van der Waals surface area contributed by atoms with E-state index in [9.17, 15) is 4.39 Å². The smallest absolute Gasteiger partial charge is 0.271 e. The molecule has 0 spiro atoms. The molecule has 1 aliphatic rings. The van der Waals surface area contributed by atoms with Crippen LogP contribution in [0, 0.1) is 11.2 Å². The summed E-state index contributed by atoms with van der Waals surface area (Å²) in [7, 11) is 0. The van der Waals surface area contributed by atoms with E-state index >= 15 is 0 Å². The second-order valence-electron chi connectivity index (χ2n) is 6.91. The molecular formula is C18H21Cl2FN6O. The van der Waals surface area contributed by atoms with Gasteiger partial charge in [0.2, 0.25) is 0 Å². The van der Waals surface area contributed by atoms with E-state index in [1.165, 1.54) is 12.1 Å². The normalized spacial score (nSPS) is 17.8. The van der Waals surface area contributed by atoms with E-state index in [0.29, 0.717) is 35.3 Å². The zero-order chi connectivity index (χ0) is 20.4. The average Bonchev–Trinajstić information content (AvgIpc) is 3.15. The molecule has 7 nitrogen and oxygen atoms in total. The van der Waals surface area contributed by atoms with E-state index in [-0.39, 0.29) is 41.6 Å². The van der Waals surface area contributed by atoms with Crippen LogP contribution in [0.5, 0.6) is 0 Å². The zero-order valence-corrected chi connectivity index (χ0v) is 17.1. The van der Waals surface area contributed by atoms with Crippen LogP contribution in [0.1, 0.15) is 43.5 Å². The molecule has 3 N–H and O–H groups in total. The Bertz CT molecular complexity index is 913. The lowest BCUT2D eigenvalue weighted by atomic mass is 10.0. The van der Waals surface area contributed by atoms with Crippen LogP contribution in [0.2, 0.25) is 10.0 Å². The molecule has 3 rings (SSSR count). The Morgan fingerprint density at radius 2 is 2.18 bits per heavy atom. The summed E-state index contributed by atoms with van der Waals surface area (Å²) in [6, 6.07) is 2.32. The van der Waals surface area contributed by atoms with E-state index in [1.807, 2.05) is 18.7 Å². The number of hydrogen-bond acceptors (Lipinski definition) is 7. The Kier molecular flexibility index (Phi) is 6.32. The van der Waals surface area contributed by atoms with E-state index in [0.717, 1.165) is 0 Å². The van der Waals surface area contributed by atoms with Crippen molar-refractivity contribution in [3.05, 3.63) is 45.3 Å². The van der Waals surface area contributed by atoms with Crippen LogP contribution < -0.4 is 5.73 Å². The Hall–Kier alpha value is -2.03. The molecular weight excluding hydrogens is 406 g/mol. The quantitative estimate of drug-likeness (QED) is 0.541. The third-order valence-electron chi connectivity index (χ3n) is 4.58. The highest BCUT2D eigenvalue weighted by molar-refractivity contribution is 6.36. The fourth-order valence-corrected chi connectivity index (χ4v) is 3.46. The topological polar surface area (TPSA) is 104 Å². The van der Waals surface area contributed by atoms with Gasteiger partial charge in [0.1, 0.15) is 11.7 Å². The number of rotatable bonds is 6. The van der Waals surface area contributed by atoms with Gasteiger partial charge in [-0.25, -0.2) is 4.39 Å². The first-order valence-electron chi connectivity index (χ1n) is 8.85. The van der Waals surface area contributed by atoms with E-state index in [2.05, 4.69) is 15.1 Å². The van der Waals surface area contributed by atoms with Crippen LogP contribution in [0.25, 0.3) is 0 Å². The predicted molar refractivity (Wildman–Crippen MR) is 107 cm³/mol. The fourth-order valence-electron chi connectivity index (χ4n) is 2.97. The van der Waals surface area contributed by atoms with Gasteiger partial charge in [-0.2, -0.15) is 4.98 Å². The Labute approximate surface area is 172 Å². The molecule has 0 amide bonds. The minimum atomic E-state index is -0.531. The van der Waals surface area contributed by atoms with Crippen molar-refractivity contribution in [3.63, 3.8) is 0 Å². The molecule has 1 aromatic carbocycles. The highest BCUT2D eigenvalue weighted by Gasteiger charge is 2.30. The van der Waals surface area contributed by atoms with Crippen LogP contribution in [0.15, 0.2) is 21.6 Å². The first-order valence-corrected chi connectivity index (χ1v) is 9.61. The zero-order valence-electron chi connectivity index (χ0n) is 15.5. The molecule has 1 atom stereocenters. The minimum absolute atomic E-state index is 0.0131. The first kappa shape index (κ1) is 20.7. The molecule has 0 radical (unpaired) electrons. The minimum Gasteiger partial charge on any atom is -0.386 e. The van der Waals surface area contributed by atoms with Crippen molar-refractivity contribution < 1.29 is 8.91 Å². The maximum absolute atomic E-state index is 13.9. The summed E-state index contributed by atoms with van der Waals surface area (Å²) >= 11 is 12.3. The molecule has 1 aliphatic heterocycles. The van der Waals surface area contributed by atoms with Gasteiger partial charge in [0.05, 0.1) is 23.3 Å². The number of hydrogen-bond donors (Lipinski definition) is 2. The van der Waals surface area contributed by atoms with Gasteiger partial charge in [-0.15, -0.1) is 0 Å². The van der Waals surface area contributed by atoms with Gasteiger partial charge < -0.3 is 10.3 Å². The maximum atomic E-state index is 13.9. The molecule has 150 valence electrons. The fraction of sp³-hybridized carbons (Fsp3) is 0.444. The second kappa shape index (κ2) is 8.55. The number of amidine groups is 1. The Balaban J connectivity index is 1.81. The van der Waals surface area contributed by atoms with Crippen molar-refractivity contribution in [1.29, 1.82) is 5.41 Å². The molecule has 0 fully saturated rings. The van der Waals surface area contributed by atoms with Crippen molar-refractivity contribution in [2.45, 2.75) is 38.8 Å². The van der Waals surface area contributed by atoms with Gasteiger partial charge in [0.25, 0.3) is 5.89 Å². The lowest BCUT2D eigenvalue weighted by Gasteiger charge is -2.34. The monoisotopic (exact) mass is 426 g/mol. The van der Waals surface area contributed by atoms with Gasteiger partial charge in [0.15, 0.2) is 5.82 Å². The summed E-state index contributed by atoms with van der Waals surface area (Å²) in [5.41, 5.74) is 6.75. The van der Waals surface area contributed by atoms with E-state index in [4.69, 9.17) is 38.9 Å². The molecule has 0 saturated heterocycles. The summed E-state index contributed by atoms with van der Waals surface area (Å²) in [6.07, 6.45) is 0.222. The van der Waals surface area contributed by atoms with Crippen molar-refractivity contribution in [3.8, 4) is 0 Å². The SMILES string of the molecule is CC(C)c1noc(C(=N)CC2C(N)=NCCN2Cc2c(Cl)ccc(F)c2Cl)n1. The van der Waals surface area contributed by atoms with Crippen LogP contribution in [-0.2, 0) is 6.54 Å². The summed E-state index contributed by atoms with van der Waals surface area (Å²) in [4.78, 5) is 10.5. The summed E-state index contributed by atoms with van der Waals surface area (Å²) in [6.45, 7) is 5.24. The molecule has 0 aliphatic carbocycles. The van der Waals surface area contributed by atoms with Crippen LogP contribution in [0.4, 0.5) is 4.39 Å². The standard InChI is InChI=1S/C18H21Cl2FN6O/c1-9(2)17-25-18(28-26-17)13(22)7-14-16(23)24-5-6-27(14)8-10-11(19)3-4-12(21)15(10)20/h3-4,9,14,22H,5-8H2,1-2H3,(H2,23,24). The highest BCUT2D eigenvalue weighted by Crippen LogP contribution is 2.30. The molecule has 1 aromatic heterocycles. The molecule has 0 saturated carbocycles. The third-order valence-corrected chi connectivity index (χ3v) is 5.34. The lowest BCUT2D eigenvalue weighted by molar-refractivity contribution is 0.231. The van der Waals surface area contributed by atoms with Gasteiger partial charge in [0, 0.05) is 36.0 Å². The van der Waals surface area contributed by atoms with E-state index < -0.39 is 5.82 Å². The molecule has 1 unspecified atom stereocenters. The summed E-state index contributed by atoms with van der Waals surface area (Å²) in [5.74, 6) is 0.656. The number of nitrogens with two attached hydrogens (primary N) is 1. The molecule has 2 aromatic rings. The van der Waals surface area contributed by atoms with Crippen molar-refractivity contribution in [2.24, 2.45) is 10.7 Å². The average molecular weight is 427 g/mol. The lowest BCUT2D eigenvalue weighted by Crippen LogP contribution is -2.50. The Morgan fingerprint density at radius 1 is 1.43 bits per heavy atom. The van der Waals surface area contributed by atoms with Gasteiger partial charge in [-0.1, -0.05) is 42.2 Å². The number of halogens is 3. The summed E-state index contributed by atoms with van der Waals surface area (Å²) < 4.78 is 19.1. The van der Waals surface area contributed by atoms with Crippen LogP contribution in [0.3, 0.4) is 0 Å². The maximum Gasteiger partial charge on any atom is 0.271 e. The summed E-state index contributed by atoms with van der Waals surface area (Å²) in [5, 5.41) is 12.6. The molecule has 10 heteroatoms. The number of benzene rings is 1. The first-order chi connectivity index (χ1) is 13.3. The van der Waals surface area contributed by atoms with E-state index in [1.54, 1.807) is 0 Å². The van der Waals surface area contributed by atoms with Gasteiger partial charge >= 0.3 is 0 Å². The van der Waals surface area contributed by atoms with Crippen molar-refractivity contribution >= 4 is 34.7 Å². The number of nitrogens with zero attached hydrogens (tertiary/aromatic N) is 4. The predicted octanol–water partition coefficient (Wildman–Crippen LogP) is 3.64. The largest absolute Gasteiger partial charge is 0.386 e. The van der Waals surface area contributed by atoms with Crippen LogP contribution >= 0.6 is 23.2 Å². The van der Waals surface area contributed by atoms with Gasteiger partial charge in [-0.3, -0.25) is 15.3 Å². The van der Waals surface area contributed by atoms with Crippen LogP contribution in [-0.4, -0.2) is 45.7 Å². The molecule has 0 bridgehead atoms. The third kappa shape index (κ3) is 4.34. The number of aromatic nitrogens is 2. The molecule has 28 heavy (non-hydrogen) atoms. The second-order valence-corrected chi connectivity index (χ2v) is 7.69. The van der Waals surface area contributed by atoms with Gasteiger partial charge in [-0.05, 0) is 12.1 Å².